The molecule has 4 nitrogen and oxygen atoms in total. The minimum atomic E-state index is -4.36. The Morgan fingerprint density at radius 2 is 2.17 bits per heavy atom. The first-order chi connectivity index (χ1) is 10.9. The van der Waals surface area contributed by atoms with Crippen LogP contribution >= 0.6 is 0 Å². The topological polar surface area (TPSA) is 38.8 Å². The van der Waals surface area contributed by atoms with E-state index in [9.17, 15) is 18.0 Å². The quantitative estimate of drug-likeness (QED) is 0.833. The number of alkyl halides is 3. The second-order valence-electron chi connectivity index (χ2n) is 5.55. The van der Waals surface area contributed by atoms with E-state index in [2.05, 4.69) is 0 Å². The minimum absolute atomic E-state index is 0.0281. The highest BCUT2D eigenvalue weighted by atomic mass is 19.4. The van der Waals surface area contributed by atoms with Gasteiger partial charge in [-0.1, -0.05) is 12.1 Å². The molecule has 23 heavy (non-hydrogen) atoms. The van der Waals surface area contributed by atoms with Crippen LogP contribution in [0, 0.1) is 0 Å². The van der Waals surface area contributed by atoms with Crippen LogP contribution in [0.2, 0.25) is 0 Å². The van der Waals surface area contributed by atoms with E-state index in [1.165, 1.54) is 13.2 Å². The number of methoxy groups -OCH3 is 1. The van der Waals surface area contributed by atoms with Crippen molar-refractivity contribution in [1.82, 2.24) is 4.90 Å². The van der Waals surface area contributed by atoms with Crippen molar-refractivity contribution in [2.24, 2.45) is 0 Å². The van der Waals surface area contributed by atoms with E-state index in [0.29, 0.717) is 18.7 Å². The molecule has 0 aromatic heterocycles. The van der Waals surface area contributed by atoms with Crippen molar-refractivity contribution < 1.29 is 27.4 Å². The fourth-order valence-electron chi connectivity index (χ4n) is 2.57. The summed E-state index contributed by atoms with van der Waals surface area (Å²) in [6.45, 7) is 1.23. The lowest BCUT2D eigenvalue weighted by Gasteiger charge is -2.32. The standard InChI is InChI=1S/C16H20F3NO3/c1-22-11-15(21)20-7-3-6-14(9-20)23-10-12-4-2-5-13(8-12)16(17,18)19/h2,4-5,8,14H,3,6-7,9-11H2,1H3/t14-/m1/s1. The molecule has 1 fully saturated rings. The van der Waals surface area contributed by atoms with Crippen molar-refractivity contribution in [2.75, 3.05) is 26.8 Å². The second-order valence-corrected chi connectivity index (χ2v) is 5.55. The van der Waals surface area contributed by atoms with E-state index in [4.69, 9.17) is 9.47 Å². The number of amides is 1. The van der Waals surface area contributed by atoms with Gasteiger partial charge >= 0.3 is 6.18 Å². The maximum absolute atomic E-state index is 12.7. The molecule has 0 spiro atoms. The summed E-state index contributed by atoms with van der Waals surface area (Å²) in [6, 6.07) is 5.11. The predicted octanol–water partition coefficient (Wildman–Crippen LogP) is 2.86. The van der Waals surface area contributed by atoms with Gasteiger partial charge in [-0.2, -0.15) is 13.2 Å². The van der Waals surface area contributed by atoms with E-state index < -0.39 is 11.7 Å². The number of likely N-dealkylation sites (tertiary alicyclic amines) is 1. The van der Waals surface area contributed by atoms with Gasteiger partial charge in [-0.3, -0.25) is 4.79 Å². The Morgan fingerprint density at radius 3 is 2.87 bits per heavy atom. The van der Waals surface area contributed by atoms with Crippen molar-refractivity contribution in [3.63, 3.8) is 0 Å². The zero-order chi connectivity index (χ0) is 16.9. The Hall–Kier alpha value is -1.60. The van der Waals surface area contributed by atoms with E-state index in [1.807, 2.05) is 0 Å². The monoisotopic (exact) mass is 331 g/mol. The Bertz CT molecular complexity index is 534. The van der Waals surface area contributed by atoms with Crippen molar-refractivity contribution in [3.8, 4) is 0 Å². The summed E-state index contributed by atoms with van der Waals surface area (Å²) >= 11 is 0. The average Bonchev–Trinajstić information content (AvgIpc) is 2.53. The van der Waals surface area contributed by atoms with Crippen molar-refractivity contribution in [1.29, 1.82) is 0 Å². The lowest BCUT2D eigenvalue weighted by atomic mass is 10.1. The van der Waals surface area contributed by atoms with E-state index in [-0.39, 0.29) is 25.2 Å². The number of ether oxygens (including phenoxy) is 2. The number of nitrogens with zero attached hydrogens (tertiary/aromatic N) is 1. The van der Waals surface area contributed by atoms with E-state index in [1.54, 1.807) is 11.0 Å². The van der Waals surface area contributed by atoms with E-state index in [0.717, 1.165) is 25.0 Å². The van der Waals surface area contributed by atoms with Gasteiger partial charge in [0.1, 0.15) is 6.61 Å². The van der Waals surface area contributed by atoms with Gasteiger partial charge in [0.25, 0.3) is 0 Å². The van der Waals surface area contributed by atoms with Crippen LogP contribution in [0.25, 0.3) is 0 Å². The molecular weight excluding hydrogens is 311 g/mol. The summed E-state index contributed by atoms with van der Waals surface area (Å²) in [7, 11) is 1.46. The summed E-state index contributed by atoms with van der Waals surface area (Å²) in [6.07, 6.45) is -2.93. The number of hydrogen-bond donors (Lipinski definition) is 0. The number of halogens is 3. The average molecular weight is 331 g/mol. The fourth-order valence-corrected chi connectivity index (χ4v) is 2.57. The fraction of sp³-hybridized carbons (Fsp3) is 0.562. The predicted molar refractivity (Wildman–Crippen MR) is 77.7 cm³/mol. The molecule has 0 N–H and O–H groups in total. The third-order valence-electron chi connectivity index (χ3n) is 3.74. The third-order valence-corrected chi connectivity index (χ3v) is 3.74. The molecule has 0 saturated carbocycles. The minimum Gasteiger partial charge on any atom is -0.375 e. The Balaban J connectivity index is 1.89. The molecule has 1 aromatic rings. The number of carbonyl (C=O) groups excluding carboxylic acids is 1. The number of hydrogen-bond acceptors (Lipinski definition) is 3. The van der Waals surface area contributed by atoms with Gasteiger partial charge in [0.05, 0.1) is 18.3 Å². The molecule has 0 radical (unpaired) electrons. The largest absolute Gasteiger partial charge is 0.416 e. The smallest absolute Gasteiger partial charge is 0.375 e. The Kier molecular flexibility index (Phi) is 6.01. The number of carbonyl (C=O) groups is 1. The molecule has 128 valence electrons. The van der Waals surface area contributed by atoms with Gasteiger partial charge in [-0.25, -0.2) is 0 Å². The van der Waals surface area contributed by atoms with Crippen LogP contribution in [0.4, 0.5) is 13.2 Å². The van der Waals surface area contributed by atoms with Crippen LogP contribution in [-0.2, 0) is 27.1 Å². The van der Waals surface area contributed by atoms with Gasteiger partial charge in [-0.05, 0) is 30.5 Å². The molecule has 1 heterocycles. The van der Waals surface area contributed by atoms with Gasteiger partial charge in [0.2, 0.25) is 5.91 Å². The first-order valence-corrected chi connectivity index (χ1v) is 7.44. The van der Waals surface area contributed by atoms with Gasteiger partial charge < -0.3 is 14.4 Å². The lowest BCUT2D eigenvalue weighted by Crippen LogP contribution is -2.44. The highest BCUT2D eigenvalue weighted by Gasteiger charge is 2.30. The zero-order valence-corrected chi connectivity index (χ0v) is 12.9. The van der Waals surface area contributed by atoms with Crippen molar-refractivity contribution >= 4 is 5.91 Å². The Morgan fingerprint density at radius 1 is 1.39 bits per heavy atom. The molecule has 1 aliphatic heterocycles. The Labute approximate surface area is 133 Å². The lowest BCUT2D eigenvalue weighted by molar-refractivity contribution is -0.140. The van der Waals surface area contributed by atoms with Gasteiger partial charge in [0, 0.05) is 20.2 Å². The van der Waals surface area contributed by atoms with Crippen LogP contribution < -0.4 is 0 Å². The van der Waals surface area contributed by atoms with Gasteiger partial charge in [-0.15, -0.1) is 0 Å². The normalized spacial score (nSPS) is 19.0. The summed E-state index contributed by atoms with van der Waals surface area (Å²) in [4.78, 5) is 13.5. The molecular formula is C16H20F3NO3. The highest BCUT2D eigenvalue weighted by Crippen LogP contribution is 2.29. The molecule has 0 unspecified atom stereocenters. The summed E-state index contributed by atoms with van der Waals surface area (Å²) < 4.78 is 48.6. The summed E-state index contributed by atoms with van der Waals surface area (Å²) in [5, 5.41) is 0. The number of piperidine rings is 1. The molecule has 7 heteroatoms. The molecule has 1 saturated heterocycles. The van der Waals surface area contributed by atoms with Crippen LogP contribution in [-0.4, -0.2) is 43.7 Å². The van der Waals surface area contributed by atoms with E-state index >= 15 is 0 Å². The first-order valence-electron chi connectivity index (χ1n) is 7.44. The molecule has 2 rings (SSSR count). The maximum Gasteiger partial charge on any atom is 0.416 e. The maximum atomic E-state index is 12.7. The van der Waals surface area contributed by atoms with Crippen molar-refractivity contribution in [2.45, 2.75) is 31.7 Å². The SMILES string of the molecule is COCC(=O)N1CCC[C@@H](OCc2cccc(C(F)(F)F)c2)C1. The van der Waals surface area contributed by atoms with Gasteiger partial charge in [0.15, 0.2) is 0 Å². The summed E-state index contributed by atoms with van der Waals surface area (Å²) in [5.41, 5.74) is -0.209. The molecule has 0 bridgehead atoms. The molecule has 1 aromatic carbocycles. The zero-order valence-electron chi connectivity index (χ0n) is 12.9. The molecule has 1 aliphatic rings. The highest BCUT2D eigenvalue weighted by molar-refractivity contribution is 5.77. The third kappa shape index (κ3) is 5.21. The van der Waals surface area contributed by atoms with Crippen molar-refractivity contribution in [3.05, 3.63) is 35.4 Å². The summed E-state index contributed by atoms with van der Waals surface area (Å²) in [5.74, 6) is -0.0973. The van der Waals surface area contributed by atoms with Crippen LogP contribution in [0.15, 0.2) is 24.3 Å². The number of rotatable bonds is 5. The second kappa shape index (κ2) is 7.79. The number of benzene rings is 1. The van der Waals surface area contributed by atoms with Crippen LogP contribution in [0.1, 0.15) is 24.0 Å². The van der Waals surface area contributed by atoms with Crippen LogP contribution in [0.5, 0.6) is 0 Å². The molecule has 0 aliphatic carbocycles. The molecule has 1 amide bonds. The molecule has 1 atom stereocenters. The first kappa shape index (κ1) is 17.7. The van der Waals surface area contributed by atoms with Crippen LogP contribution in [0.3, 0.4) is 0 Å².